The second-order valence-electron chi connectivity index (χ2n) is 5.86. The van der Waals surface area contributed by atoms with Crippen LogP contribution >= 0.6 is 0 Å². The van der Waals surface area contributed by atoms with Gasteiger partial charge in [0, 0.05) is 24.2 Å². The summed E-state index contributed by atoms with van der Waals surface area (Å²) in [4.78, 5) is 18.2. The van der Waals surface area contributed by atoms with Crippen molar-refractivity contribution in [1.82, 2.24) is 0 Å². The van der Waals surface area contributed by atoms with Crippen LogP contribution in [0.15, 0.2) is 59.6 Å². The highest BCUT2D eigenvalue weighted by molar-refractivity contribution is 6.33. The van der Waals surface area contributed by atoms with Crippen LogP contribution in [0.5, 0.6) is 0 Å². The number of carbonyl (C=O) groups is 1. The molecular formula is C19H17F3N2O. The van der Waals surface area contributed by atoms with E-state index >= 15 is 0 Å². The quantitative estimate of drug-likeness (QED) is 0.800. The van der Waals surface area contributed by atoms with Crippen LogP contribution in [0.25, 0.3) is 0 Å². The van der Waals surface area contributed by atoms with Crippen molar-refractivity contribution in [1.29, 1.82) is 0 Å². The van der Waals surface area contributed by atoms with Crippen LogP contribution in [-0.2, 0) is 4.79 Å². The SMILES string of the molecule is O=C1C=NC(c2ccccc2)c2ccccc2N1CCCC(F)(F)F. The van der Waals surface area contributed by atoms with Crippen molar-refractivity contribution < 1.29 is 18.0 Å². The van der Waals surface area contributed by atoms with E-state index in [2.05, 4.69) is 4.99 Å². The van der Waals surface area contributed by atoms with E-state index in [9.17, 15) is 18.0 Å². The molecule has 0 radical (unpaired) electrons. The number of benzene rings is 2. The van der Waals surface area contributed by atoms with Gasteiger partial charge < -0.3 is 4.90 Å². The second-order valence-corrected chi connectivity index (χ2v) is 5.86. The number of alkyl halides is 3. The van der Waals surface area contributed by atoms with Crippen LogP contribution in [0.1, 0.15) is 30.0 Å². The summed E-state index contributed by atoms with van der Waals surface area (Å²) >= 11 is 0. The summed E-state index contributed by atoms with van der Waals surface area (Å²) < 4.78 is 37.3. The maximum absolute atomic E-state index is 12.4. The zero-order chi connectivity index (χ0) is 17.9. The molecule has 0 aromatic heterocycles. The van der Waals surface area contributed by atoms with Crippen LogP contribution in [0.3, 0.4) is 0 Å². The number of fused-ring (bicyclic) bond motifs is 1. The summed E-state index contributed by atoms with van der Waals surface area (Å²) in [7, 11) is 0. The number of hydrogen-bond donors (Lipinski definition) is 0. The van der Waals surface area contributed by atoms with Crippen molar-refractivity contribution >= 4 is 17.8 Å². The summed E-state index contributed by atoms with van der Waals surface area (Å²) in [5, 5.41) is 0. The largest absolute Gasteiger partial charge is 0.389 e. The summed E-state index contributed by atoms with van der Waals surface area (Å²) in [6, 6.07) is 16.4. The van der Waals surface area contributed by atoms with Crippen LogP contribution in [0, 0.1) is 0 Å². The molecule has 130 valence electrons. The number of amides is 1. The average Bonchev–Trinajstić information content (AvgIpc) is 2.72. The number of carbonyl (C=O) groups excluding carboxylic acids is 1. The summed E-state index contributed by atoms with van der Waals surface area (Å²) in [5.41, 5.74) is 2.35. The zero-order valence-electron chi connectivity index (χ0n) is 13.4. The first-order valence-electron chi connectivity index (χ1n) is 8.01. The van der Waals surface area contributed by atoms with Crippen molar-refractivity contribution in [2.45, 2.75) is 25.1 Å². The molecule has 0 fully saturated rings. The lowest BCUT2D eigenvalue weighted by Crippen LogP contribution is -2.33. The summed E-state index contributed by atoms with van der Waals surface area (Å²) in [6.07, 6.45) is -4.08. The Morgan fingerprint density at radius 3 is 2.40 bits per heavy atom. The third-order valence-electron chi connectivity index (χ3n) is 4.08. The van der Waals surface area contributed by atoms with Crippen molar-refractivity contribution in [2.24, 2.45) is 4.99 Å². The third-order valence-corrected chi connectivity index (χ3v) is 4.08. The minimum absolute atomic E-state index is 0.00286. The van der Waals surface area contributed by atoms with E-state index in [0.717, 1.165) is 11.1 Å². The number of rotatable bonds is 4. The van der Waals surface area contributed by atoms with E-state index in [-0.39, 0.29) is 19.0 Å². The molecule has 3 nitrogen and oxygen atoms in total. The molecule has 0 saturated heterocycles. The monoisotopic (exact) mass is 346 g/mol. The number of anilines is 1. The Bertz CT molecular complexity index is 772. The first-order chi connectivity index (χ1) is 12.0. The molecule has 2 aromatic rings. The second kappa shape index (κ2) is 7.09. The van der Waals surface area contributed by atoms with Gasteiger partial charge in [0.1, 0.15) is 6.04 Å². The van der Waals surface area contributed by atoms with E-state index in [1.54, 1.807) is 12.1 Å². The van der Waals surface area contributed by atoms with Gasteiger partial charge in [0.15, 0.2) is 0 Å². The molecule has 1 aliphatic heterocycles. The zero-order valence-corrected chi connectivity index (χ0v) is 13.4. The molecule has 1 heterocycles. The maximum Gasteiger partial charge on any atom is 0.389 e. The normalized spacial score (nSPS) is 17.3. The average molecular weight is 346 g/mol. The molecule has 0 aliphatic carbocycles. The highest BCUT2D eigenvalue weighted by Crippen LogP contribution is 2.35. The van der Waals surface area contributed by atoms with Gasteiger partial charge in [-0.05, 0) is 18.1 Å². The Morgan fingerprint density at radius 1 is 1.00 bits per heavy atom. The van der Waals surface area contributed by atoms with Crippen LogP contribution in [0.2, 0.25) is 0 Å². The fourth-order valence-electron chi connectivity index (χ4n) is 2.94. The van der Waals surface area contributed by atoms with Gasteiger partial charge in [-0.25, -0.2) is 0 Å². The van der Waals surface area contributed by atoms with Gasteiger partial charge in [-0.3, -0.25) is 9.79 Å². The van der Waals surface area contributed by atoms with Gasteiger partial charge >= 0.3 is 6.18 Å². The number of nitrogens with zero attached hydrogens (tertiary/aromatic N) is 2. The standard InChI is InChI=1S/C19H17F3N2O/c20-19(21,22)11-6-12-24-16-10-5-4-9-15(16)18(23-13-17(24)25)14-7-2-1-3-8-14/h1-5,7-10,13,18H,6,11-12H2. The molecule has 0 N–H and O–H groups in total. The molecule has 2 aromatic carbocycles. The van der Waals surface area contributed by atoms with Gasteiger partial charge in [0.05, 0.1) is 6.21 Å². The molecule has 0 saturated carbocycles. The van der Waals surface area contributed by atoms with Gasteiger partial charge in [-0.15, -0.1) is 0 Å². The highest BCUT2D eigenvalue weighted by atomic mass is 19.4. The number of hydrogen-bond acceptors (Lipinski definition) is 2. The Balaban J connectivity index is 1.93. The molecule has 3 rings (SSSR count). The Morgan fingerprint density at radius 2 is 1.68 bits per heavy atom. The van der Waals surface area contributed by atoms with Crippen molar-refractivity contribution in [2.75, 3.05) is 11.4 Å². The Hall–Kier alpha value is -2.63. The molecular weight excluding hydrogens is 329 g/mol. The predicted octanol–water partition coefficient (Wildman–Crippen LogP) is 4.54. The van der Waals surface area contributed by atoms with Gasteiger partial charge in [0.2, 0.25) is 0 Å². The lowest BCUT2D eigenvalue weighted by molar-refractivity contribution is -0.135. The van der Waals surface area contributed by atoms with Crippen molar-refractivity contribution in [3.05, 3.63) is 65.7 Å². The smallest absolute Gasteiger partial charge is 0.307 e. The fourth-order valence-corrected chi connectivity index (χ4v) is 2.94. The molecule has 1 amide bonds. The van der Waals surface area contributed by atoms with Crippen LogP contribution < -0.4 is 4.90 Å². The van der Waals surface area contributed by atoms with Gasteiger partial charge in [0.25, 0.3) is 5.91 Å². The van der Waals surface area contributed by atoms with E-state index in [1.165, 1.54) is 11.1 Å². The lowest BCUT2D eigenvalue weighted by Gasteiger charge is -2.24. The lowest BCUT2D eigenvalue weighted by atomic mass is 9.97. The van der Waals surface area contributed by atoms with E-state index < -0.39 is 18.5 Å². The number of aliphatic imine (C=N–C) groups is 1. The Labute approximate surface area is 143 Å². The number of para-hydroxylation sites is 1. The van der Waals surface area contributed by atoms with Crippen LogP contribution in [-0.4, -0.2) is 24.8 Å². The molecule has 1 unspecified atom stereocenters. The first kappa shape index (κ1) is 17.2. The Kier molecular flexibility index (Phi) is 4.88. The summed E-state index contributed by atoms with van der Waals surface area (Å²) in [6.45, 7) is 0.00286. The molecule has 1 atom stereocenters. The molecule has 25 heavy (non-hydrogen) atoms. The predicted molar refractivity (Wildman–Crippen MR) is 90.9 cm³/mol. The number of halogens is 3. The highest BCUT2D eigenvalue weighted by Gasteiger charge is 2.29. The maximum atomic E-state index is 12.4. The fraction of sp³-hybridized carbons (Fsp3) is 0.263. The molecule has 1 aliphatic rings. The molecule has 0 spiro atoms. The minimum Gasteiger partial charge on any atom is -0.307 e. The molecule has 0 bridgehead atoms. The minimum atomic E-state index is -4.23. The van der Waals surface area contributed by atoms with Gasteiger partial charge in [-0.1, -0.05) is 48.5 Å². The third kappa shape index (κ3) is 4.07. The van der Waals surface area contributed by atoms with Crippen molar-refractivity contribution in [3.63, 3.8) is 0 Å². The topological polar surface area (TPSA) is 32.7 Å². The van der Waals surface area contributed by atoms with Crippen LogP contribution in [0.4, 0.5) is 18.9 Å². The van der Waals surface area contributed by atoms with Gasteiger partial charge in [-0.2, -0.15) is 13.2 Å². The summed E-state index contributed by atoms with van der Waals surface area (Å²) in [5.74, 6) is -0.395. The molecule has 6 heteroatoms. The van der Waals surface area contributed by atoms with E-state index in [1.807, 2.05) is 42.5 Å². The first-order valence-corrected chi connectivity index (χ1v) is 8.01. The van der Waals surface area contributed by atoms with E-state index in [4.69, 9.17) is 0 Å². The van der Waals surface area contributed by atoms with Crippen molar-refractivity contribution in [3.8, 4) is 0 Å². The van der Waals surface area contributed by atoms with E-state index in [0.29, 0.717) is 5.69 Å².